The minimum absolute atomic E-state index is 0.356. The molecule has 62 valence electrons. The highest BCUT2D eigenvalue weighted by molar-refractivity contribution is 5.30. The number of aromatic nitrogens is 1. The van der Waals surface area contributed by atoms with Crippen molar-refractivity contribution in [2.45, 2.75) is 6.54 Å². The van der Waals surface area contributed by atoms with Crippen LogP contribution in [-0.2, 0) is 6.54 Å². The normalized spacial score (nSPS) is 8.83. The fourth-order valence-electron chi connectivity index (χ4n) is 0.811. The molecule has 0 spiro atoms. The molecule has 0 fully saturated rings. The Hall–Kier alpha value is -1.37. The average Bonchev–Trinajstić information content (AvgIpc) is 2.15. The van der Waals surface area contributed by atoms with E-state index in [0.29, 0.717) is 13.1 Å². The molecule has 0 aliphatic rings. The highest BCUT2D eigenvalue weighted by Crippen LogP contribution is 1.98. The van der Waals surface area contributed by atoms with Crippen molar-refractivity contribution in [1.29, 1.82) is 0 Å². The predicted octanol–water partition coefficient (Wildman–Crippen LogP) is -0.150. The Morgan fingerprint density at radius 3 is 2.92 bits per heavy atom. The standard InChI is InChI=1S/C9H11N3/c10-4-1-2-9-6-8(7-11)3-5-12-9/h3,5-6H,4,7,10-11H2. The van der Waals surface area contributed by atoms with Gasteiger partial charge in [0, 0.05) is 12.7 Å². The van der Waals surface area contributed by atoms with Crippen molar-refractivity contribution >= 4 is 0 Å². The van der Waals surface area contributed by atoms with Gasteiger partial charge < -0.3 is 11.5 Å². The molecule has 0 aromatic carbocycles. The Kier molecular flexibility index (Phi) is 3.27. The fourth-order valence-corrected chi connectivity index (χ4v) is 0.811. The van der Waals surface area contributed by atoms with Gasteiger partial charge in [-0.15, -0.1) is 0 Å². The smallest absolute Gasteiger partial charge is 0.113 e. The van der Waals surface area contributed by atoms with Crippen LogP contribution in [0.25, 0.3) is 0 Å². The van der Waals surface area contributed by atoms with Gasteiger partial charge in [-0.05, 0) is 23.6 Å². The zero-order valence-electron chi connectivity index (χ0n) is 6.75. The first-order chi connectivity index (χ1) is 5.86. The van der Waals surface area contributed by atoms with Crippen molar-refractivity contribution < 1.29 is 0 Å². The summed E-state index contributed by atoms with van der Waals surface area (Å²) >= 11 is 0. The van der Waals surface area contributed by atoms with Crippen LogP contribution in [0.3, 0.4) is 0 Å². The van der Waals surface area contributed by atoms with Crippen molar-refractivity contribution in [2.24, 2.45) is 11.5 Å². The van der Waals surface area contributed by atoms with Crippen LogP contribution < -0.4 is 11.5 Å². The van der Waals surface area contributed by atoms with Crippen molar-refractivity contribution in [1.82, 2.24) is 4.98 Å². The highest BCUT2D eigenvalue weighted by atomic mass is 14.7. The number of nitrogens with zero attached hydrogens (tertiary/aromatic N) is 1. The minimum Gasteiger partial charge on any atom is -0.326 e. The minimum atomic E-state index is 0.356. The van der Waals surface area contributed by atoms with Gasteiger partial charge in [0.2, 0.25) is 0 Å². The van der Waals surface area contributed by atoms with Gasteiger partial charge in [0.25, 0.3) is 0 Å². The topological polar surface area (TPSA) is 64.9 Å². The number of pyridine rings is 1. The molecule has 0 saturated heterocycles. The van der Waals surface area contributed by atoms with Crippen molar-refractivity contribution in [2.75, 3.05) is 6.54 Å². The summed E-state index contributed by atoms with van der Waals surface area (Å²) in [6.07, 6.45) is 1.70. The molecule has 1 aromatic heterocycles. The van der Waals surface area contributed by atoms with Gasteiger partial charge in [-0.3, -0.25) is 0 Å². The van der Waals surface area contributed by atoms with E-state index < -0.39 is 0 Å². The number of hydrogen-bond donors (Lipinski definition) is 2. The molecule has 4 N–H and O–H groups in total. The third-order valence-corrected chi connectivity index (χ3v) is 1.38. The Morgan fingerprint density at radius 2 is 2.25 bits per heavy atom. The van der Waals surface area contributed by atoms with Gasteiger partial charge in [0.15, 0.2) is 0 Å². The maximum Gasteiger partial charge on any atom is 0.113 e. The Balaban J connectivity index is 2.86. The summed E-state index contributed by atoms with van der Waals surface area (Å²) in [6, 6.07) is 3.73. The molecule has 1 heterocycles. The van der Waals surface area contributed by atoms with Crippen LogP contribution in [0.15, 0.2) is 18.3 Å². The summed E-state index contributed by atoms with van der Waals surface area (Å²) in [5, 5.41) is 0. The molecular formula is C9H11N3. The average molecular weight is 161 g/mol. The molecule has 0 aliphatic carbocycles. The number of nitrogens with two attached hydrogens (primary N) is 2. The van der Waals surface area contributed by atoms with Gasteiger partial charge in [0.05, 0.1) is 6.54 Å². The summed E-state index contributed by atoms with van der Waals surface area (Å²) in [5.74, 6) is 5.57. The Labute approximate surface area is 71.8 Å². The van der Waals surface area contributed by atoms with Crippen molar-refractivity contribution in [3.8, 4) is 11.8 Å². The summed E-state index contributed by atoms with van der Waals surface area (Å²) < 4.78 is 0. The second-order valence-corrected chi connectivity index (χ2v) is 2.26. The molecule has 0 aliphatic heterocycles. The summed E-state index contributed by atoms with van der Waals surface area (Å²) in [4.78, 5) is 4.04. The second-order valence-electron chi connectivity index (χ2n) is 2.26. The molecule has 3 nitrogen and oxygen atoms in total. The van der Waals surface area contributed by atoms with Crippen LogP contribution in [0.4, 0.5) is 0 Å². The Morgan fingerprint density at radius 1 is 1.42 bits per heavy atom. The maximum absolute atomic E-state index is 5.45. The summed E-state index contributed by atoms with van der Waals surface area (Å²) in [6.45, 7) is 0.869. The molecule has 0 amide bonds. The highest BCUT2D eigenvalue weighted by Gasteiger charge is 1.90. The molecule has 0 atom stereocenters. The van der Waals surface area contributed by atoms with E-state index in [-0.39, 0.29) is 0 Å². The molecule has 1 aromatic rings. The SMILES string of the molecule is NCC#Cc1cc(CN)ccn1. The lowest BCUT2D eigenvalue weighted by atomic mass is 10.2. The van der Waals surface area contributed by atoms with E-state index in [9.17, 15) is 0 Å². The monoisotopic (exact) mass is 161 g/mol. The van der Waals surface area contributed by atoms with Crippen LogP contribution >= 0.6 is 0 Å². The van der Waals surface area contributed by atoms with E-state index in [1.54, 1.807) is 6.20 Å². The third kappa shape index (κ3) is 2.35. The largest absolute Gasteiger partial charge is 0.326 e. The lowest BCUT2D eigenvalue weighted by Crippen LogP contribution is -1.97. The van der Waals surface area contributed by atoms with E-state index in [0.717, 1.165) is 11.3 Å². The first-order valence-corrected chi connectivity index (χ1v) is 3.70. The molecule has 0 unspecified atom stereocenters. The van der Waals surface area contributed by atoms with Gasteiger partial charge in [0.1, 0.15) is 5.69 Å². The lowest BCUT2D eigenvalue weighted by molar-refractivity contribution is 1.05. The Bertz CT molecular complexity index is 309. The first-order valence-electron chi connectivity index (χ1n) is 3.70. The van der Waals surface area contributed by atoms with E-state index in [2.05, 4.69) is 16.8 Å². The van der Waals surface area contributed by atoms with Crippen molar-refractivity contribution in [3.05, 3.63) is 29.6 Å². The first kappa shape index (κ1) is 8.72. The van der Waals surface area contributed by atoms with Gasteiger partial charge in [-0.25, -0.2) is 4.98 Å². The molecule has 3 heteroatoms. The van der Waals surface area contributed by atoms with Crippen LogP contribution in [0.2, 0.25) is 0 Å². The fraction of sp³-hybridized carbons (Fsp3) is 0.222. The van der Waals surface area contributed by atoms with Crippen LogP contribution in [0.1, 0.15) is 11.3 Å². The van der Waals surface area contributed by atoms with Crippen LogP contribution in [0, 0.1) is 11.8 Å². The summed E-state index contributed by atoms with van der Waals surface area (Å²) in [7, 11) is 0. The second kappa shape index (κ2) is 4.50. The van der Waals surface area contributed by atoms with E-state index in [1.807, 2.05) is 12.1 Å². The predicted molar refractivity (Wildman–Crippen MR) is 48.1 cm³/mol. The van der Waals surface area contributed by atoms with Gasteiger partial charge in [-0.2, -0.15) is 0 Å². The zero-order valence-corrected chi connectivity index (χ0v) is 6.75. The zero-order chi connectivity index (χ0) is 8.81. The van der Waals surface area contributed by atoms with E-state index in [4.69, 9.17) is 11.5 Å². The molecular weight excluding hydrogens is 150 g/mol. The maximum atomic E-state index is 5.45. The van der Waals surface area contributed by atoms with E-state index >= 15 is 0 Å². The third-order valence-electron chi connectivity index (χ3n) is 1.38. The van der Waals surface area contributed by atoms with Crippen molar-refractivity contribution in [3.63, 3.8) is 0 Å². The number of rotatable bonds is 1. The summed E-state index contributed by atoms with van der Waals surface area (Å²) in [5.41, 5.74) is 12.4. The molecule has 0 saturated carbocycles. The van der Waals surface area contributed by atoms with Crippen LogP contribution in [-0.4, -0.2) is 11.5 Å². The molecule has 0 radical (unpaired) electrons. The number of hydrogen-bond acceptors (Lipinski definition) is 3. The molecule has 12 heavy (non-hydrogen) atoms. The molecule has 0 bridgehead atoms. The van der Waals surface area contributed by atoms with E-state index in [1.165, 1.54) is 0 Å². The lowest BCUT2D eigenvalue weighted by Gasteiger charge is -1.94. The van der Waals surface area contributed by atoms with Gasteiger partial charge in [-0.1, -0.05) is 5.92 Å². The quantitative estimate of drug-likeness (QED) is 0.563. The molecule has 1 rings (SSSR count). The van der Waals surface area contributed by atoms with Crippen LogP contribution in [0.5, 0.6) is 0 Å². The van der Waals surface area contributed by atoms with Gasteiger partial charge >= 0.3 is 0 Å².